The molecule has 1 unspecified atom stereocenters. The molecule has 1 N–H and O–H groups in total. The molecule has 0 spiro atoms. The Labute approximate surface area is 121 Å². The van der Waals surface area contributed by atoms with Crippen LogP contribution in [0.25, 0.3) is 0 Å². The average molecular weight is 286 g/mol. The molecule has 0 amide bonds. The molecule has 1 rings (SSSR count). The van der Waals surface area contributed by atoms with Crippen LogP contribution in [0.1, 0.15) is 45.6 Å². The quantitative estimate of drug-likeness (QED) is 0.675. The van der Waals surface area contributed by atoms with Crippen LogP contribution in [-0.2, 0) is 6.42 Å². The number of hydrogen-bond acceptors (Lipinski definition) is 1. The number of halogens is 2. The average Bonchev–Trinajstić information content (AvgIpc) is 2.35. The number of benzene rings is 1. The van der Waals surface area contributed by atoms with Crippen molar-refractivity contribution in [3.8, 4) is 0 Å². The third-order valence-electron chi connectivity index (χ3n) is 3.50. The Hall–Kier alpha value is -0.600. The molecule has 1 aromatic rings. The van der Waals surface area contributed by atoms with E-state index < -0.39 is 0 Å². The fourth-order valence-corrected chi connectivity index (χ4v) is 2.77. The van der Waals surface area contributed by atoms with Crippen LogP contribution >= 0.6 is 11.6 Å². The minimum Gasteiger partial charge on any atom is -0.316 e. The Balaban J connectivity index is 2.82. The summed E-state index contributed by atoms with van der Waals surface area (Å²) >= 11 is 6.14. The van der Waals surface area contributed by atoms with E-state index in [9.17, 15) is 4.39 Å². The van der Waals surface area contributed by atoms with Gasteiger partial charge in [0.15, 0.2) is 0 Å². The highest BCUT2D eigenvalue weighted by atomic mass is 35.5. The van der Waals surface area contributed by atoms with E-state index in [2.05, 4.69) is 26.1 Å². The first-order valence-corrected chi connectivity index (χ1v) is 7.54. The lowest BCUT2D eigenvalue weighted by Crippen LogP contribution is -2.34. The highest BCUT2D eigenvalue weighted by molar-refractivity contribution is 6.31. The summed E-state index contributed by atoms with van der Waals surface area (Å²) < 4.78 is 13.9. The fraction of sp³-hybridized carbons (Fsp3) is 0.625. The number of rotatable bonds is 8. The van der Waals surface area contributed by atoms with Gasteiger partial charge < -0.3 is 5.32 Å². The lowest BCUT2D eigenvalue weighted by atomic mass is 9.79. The predicted octanol–water partition coefficient (Wildman–Crippen LogP) is 4.83. The van der Waals surface area contributed by atoms with Crippen LogP contribution < -0.4 is 5.32 Å². The van der Waals surface area contributed by atoms with Crippen LogP contribution in [0.15, 0.2) is 18.2 Å². The monoisotopic (exact) mass is 285 g/mol. The predicted molar refractivity (Wildman–Crippen MR) is 81.3 cm³/mol. The van der Waals surface area contributed by atoms with Crippen molar-refractivity contribution in [2.75, 3.05) is 13.1 Å². The van der Waals surface area contributed by atoms with Gasteiger partial charge >= 0.3 is 0 Å². The van der Waals surface area contributed by atoms with E-state index in [1.165, 1.54) is 6.07 Å². The molecule has 0 radical (unpaired) electrons. The largest absolute Gasteiger partial charge is 0.316 e. The van der Waals surface area contributed by atoms with Crippen molar-refractivity contribution >= 4 is 11.6 Å². The Morgan fingerprint density at radius 2 is 2.00 bits per heavy atom. The summed E-state index contributed by atoms with van der Waals surface area (Å²) in [5.41, 5.74) is 0.703. The van der Waals surface area contributed by atoms with E-state index in [-0.39, 0.29) is 11.2 Å². The molecule has 0 saturated carbocycles. The molecule has 0 aliphatic carbocycles. The molecule has 0 bridgehead atoms. The molecule has 1 aromatic carbocycles. The normalized spacial score (nSPS) is 14.4. The van der Waals surface area contributed by atoms with E-state index in [0.29, 0.717) is 17.0 Å². The Morgan fingerprint density at radius 1 is 1.26 bits per heavy atom. The van der Waals surface area contributed by atoms with Gasteiger partial charge in [0.2, 0.25) is 0 Å². The van der Waals surface area contributed by atoms with E-state index in [4.69, 9.17) is 11.6 Å². The van der Waals surface area contributed by atoms with Crippen molar-refractivity contribution in [3.05, 3.63) is 34.6 Å². The van der Waals surface area contributed by atoms with E-state index >= 15 is 0 Å². The van der Waals surface area contributed by atoms with Gasteiger partial charge in [-0.25, -0.2) is 4.39 Å². The lowest BCUT2D eigenvalue weighted by molar-refractivity contribution is 0.272. The van der Waals surface area contributed by atoms with Crippen molar-refractivity contribution in [2.45, 2.75) is 46.5 Å². The summed E-state index contributed by atoms with van der Waals surface area (Å²) in [6.07, 6.45) is 3.95. The molecular weight excluding hydrogens is 261 g/mol. The highest BCUT2D eigenvalue weighted by Gasteiger charge is 2.25. The van der Waals surface area contributed by atoms with Crippen molar-refractivity contribution < 1.29 is 4.39 Å². The van der Waals surface area contributed by atoms with Gasteiger partial charge in [-0.05, 0) is 43.4 Å². The molecule has 0 fully saturated rings. The summed E-state index contributed by atoms with van der Waals surface area (Å²) in [4.78, 5) is 0. The molecule has 1 nitrogen and oxygen atoms in total. The molecule has 108 valence electrons. The van der Waals surface area contributed by atoms with E-state index in [1.54, 1.807) is 12.1 Å². The van der Waals surface area contributed by atoms with Crippen LogP contribution in [0.5, 0.6) is 0 Å². The van der Waals surface area contributed by atoms with Crippen molar-refractivity contribution in [1.82, 2.24) is 5.32 Å². The molecule has 0 saturated heterocycles. The summed E-state index contributed by atoms with van der Waals surface area (Å²) in [7, 11) is 0. The van der Waals surface area contributed by atoms with Crippen LogP contribution in [0, 0.1) is 11.2 Å². The Kier molecular flexibility index (Phi) is 6.81. The first kappa shape index (κ1) is 16.5. The second-order valence-electron chi connectivity index (χ2n) is 5.61. The third-order valence-corrected chi connectivity index (χ3v) is 3.85. The van der Waals surface area contributed by atoms with Gasteiger partial charge in [0.05, 0.1) is 0 Å². The van der Waals surface area contributed by atoms with Gasteiger partial charge in [0.1, 0.15) is 5.82 Å². The standard InChI is InChI=1S/C16H25ClFN/c1-4-9-16(3,12-19-10-5-2)11-13-14(17)7-6-8-15(13)18/h6-8,19H,4-5,9-12H2,1-3H3. The van der Waals surface area contributed by atoms with E-state index in [0.717, 1.165) is 32.4 Å². The van der Waals surface area contributed by atoms with Gasteiger partial charge in [-0.3, -0.25) is 0 Å². The lowest BCUT2D eigenvalue weighted by Gasteiger charge is -2.30. The van der Waals surface area contributed by atoms with Crippen molar-refractivity contribution in [2.24, 2.45) is 5.41 Å². The maximum atomic E-state index is 13.9. The van der Waals surface area contributed by atoms with Gasteiger partial charge in [0.25, 0.3) is 0 Å². The van der Waals surface area contributed by atoms with Gasteiger partial charge in [-0.1, -0.05) is 44.9 Å². The molecule has 0 aromatic heterocycles. The van der Waals surface area contributed by atoms with Crippen LogP contribution in [0.3, 0.4) is 0 Å². The van der Waals surface area contributed by atoms with Crippen LogP contribution in [0.4, 0.5) is 4.39 Å². The summed E-state index contributed by atoms with van der Waals surface area (Å²) in [6.45, 7) is 8.44. The first-order chi connectivity index (χ1) is 9.02. The summed E-state index contributed by atoms with van der Waals surface area (Å²) in [6, 6.07) is 4.92. The molecule has 19 heavy (non-hydrogen) atoms. The SMILES string of the molecule is CCCNCC(C)(CCC)Cc1c(F)cccc1Cl. The maximum Gasteiger partial charge on any atom is 0.127 e. The van der Waals surface area contributed by atoms with E-state index in [1.807, 2.05) is 0 Å². The summed E-state index contributed by atoms with van der Waals surface area (Å²) in [5.74, 6) is -0.190. The smallest absolute Gasteiger partial charge is 0.127 e. The highest BCUT2D eigenvalue weighted by Crippen LogP contribution is 2.32. The van der Waals surface area contributed by atoms with Gasteiger partial charge in [-0.2, -0.15) is 0 Å². The zero-order valence-corrected chi connectivity index (χ0v) is 13.0. The number of hydrogen-bond donors (Lipinski definition) is 1. The first-order valence-electron chi connectivity index (χ1n) is 7.16. The summed E-state index contributed by atoms with van der Waals surface area (Å²) in [5, 5.41) is 3.99. The molecular formula is C16H25ClFN. The second-order valence-corrected chi connectivity index (χ2v) is 6.02. The molecule has 0 aliphatic rings. The van der Waals surface area contributed by atoms with Crippen LogP contribution in [-0.4, -0.2) is 13.1 Å². The second kappa shape index (κ2) is 7.86. The Bertz CT molecular complexity index is 374. The maximum absolute atomic E-state index is 13.9. The van der Waals surface area contributed by atoms with Gasteiger partial charge in [-0.15, -0.1) is 0 Å². The third kappa shape index (κ3) is 5.12. The minimum absolute atomic E-state index is 0.0513. The number of nitrogens with one attached hydrogen (secondary N) is 1. The minimum atomic E-state index is -0.190. The molecule has 0 heterocycles. The van der Waals surface area contributed by atoms with Crippen molar-refractivity contribution in [1.29, 1.82) is 0 Å². The zero-order valence-electron chi connectivity index (χ0n) is 12.2. The topological polar surface area (TPSA) is 12.0 Å². The fourth-order valence-electron chi connectivity index (χ4n) is 2.54. The molecule has 0 aliphatic heterocycles. The van der Waals surface area contributed by atoms with Gasteiger partial charge in [0, 0.05) is 17.1 Å². The van der Waals surface area contributed by atoms with Crippen LogP contribution in [0.2, 0.25) is 5.02 Å². The molecule has 1 atom stereocenters. The zero-order chi connectivity index (χ0) is 14.3. The Morgan fingerprint density at radius 3 is 2.58 bits per heavy atom. The van der Waals surface area contributed by atoms with Crippen molar-refractivity contribution in [3.63, 3.8) is 0 Å². The molecule has 3 heteroatoms.